The van der Waals surface area contributed by atoms with Crippen molar-refractivity contribution in [3.05, 3.63) is 0 Å². The van der Waals surface area contributed by atoms with E-state index in [2.05, 4.69) is 41.1 Å². The van der Waals surface area contributed by atoms with Crippen LogP contribution >= 0.6 is 11.8 Å². The number of thioether (sulfide) groups is 1. The van der Waals surface area contributed by atoms with Crippen molar-refractivity contribution in [2.75, 3.05) is 45.1 Å². The second kappa shape index (κ2) is 10.2. The molecule has 0 aromatic carbocycles. The standard InChI is InChI=1S/C20H38N4OS/c1-3-21-19(23-17-7-8-18(15-17)26-4-2)22-16-20(9-13-25-14-10-20)24-11-5-6-12-24/h17-18H,3-16H2,1-2H3,(H2,21,22,23). The molecule has 3 rings (SSSR count). The number of aliphatic imine (C=N–C) groups is 1. The Labute approximate surface area is 164 Å². The van der Waals surface area contributed by atoms with Crippen molar-refractivity contribution in [1.29, 1.82) is 0 Å². The minimum atomic E-state index is 0.216. The molecule has 2 N–H and O–H groups in total. The predicted octanol–water partition coefficient (Wildman–Crippen LogP) is 2.86. The molecular formula is C20H38N4OS. The molecule has 5 nitrogen and oxygen atoms in total. The third kappa shape index (κ3) is 5.29. The minimum absolute atomic E-state index is 0.216. The normalized spacial score (nSPS) is 29.8. The summed E-state index contributed by atoms with van der Waals surface area (Å²) in [5, 5.41) is 8.04. The van der Waals surface area contributed by atoms with Gasteiger partial charge in [0.15, 0.2) is 5.96 Å². The molecule has 2 heterocycles. The fourth-order valence-corrected chi connectivity index (χ4v) is 5.86. The van der Waals surface area contributed by atoms with Crippen LogP contribution in [0.4, 0.5) is 0 Å². The van der Waals surface area contributed by atoms with E-state index in [1.165, 1.54) is 50.9 Å². The first-order valence-corrected chi connectivity index (χ1v) is 11.8. The number of hydrogen-bond donors (Lipinski definition) is 2. The van der Waals surface area contributed by atoms with Gasteiger partial charge in [-0.15, -0.1) is 0 Å². The molecule has 0 aromatic heterocycles. The number of nitrogens with one attached hydrogen (secondary N) is 2. The monoisotopic (exact) mass is 382 g/mol. The van der Waals surface area contributed by atoms with Gasteiger partial charge >= 0.3 is 0 Å². The van der Waals surface area contributed by atoms with E-state index in [-0.39, 0.29) is 5.54 Å². The first-order chi connectivity index (χ1) is 12.8. The molecule has 26 heavy (non-hydrogen) atoms. The lowest BCUT2D eigenvalue weighted by molar-refractivity contribution is -0.0139. The van der Waals surface area contributed by atoms with Crippen molar-refractivity contribution in [1.82, 2.24) is 15.5 Å². The number of hydrogen-bond acceptors (Lipinski definition) is 4. The predicted molar refractivity (Wildman–Crippen MR) is 112 cm³/mol. The zero-order chi connectivity index (χ0) is 18.2. The Morgan fingerprint density at radius 2 is 1.96 bits per heavy atom. The molecule has 0 radical (unpaired) electrons. The average Bonchev–Trinajstić information content (AvgIpc) is 3.34. The van der Waals surface area contributed by atoms with E-state index in [9.17, 15) is 0 Å². The maximum atomic E-state index is 5.67. The summed E-state index contributed by atoms with van der Waals surface area (Å²) in [5.74, 6) is 2.25. The third-order valence-electron chi connectivity index (χ3n) is 6.20. The smallest absolute Gasteiger partial charge is 0.191 e. The lowest BCUT2D eigenvalue weighted by Crippen LogP contribution is -2.54. The summed E-state index contributed by atoms with van der Waals surface area (Å²) in [6.45, 7) is 10.5. The maximum absolute atomic E-state index is 5.67. The molecule has 0 aromatic rings. The van der Waals surface area contributed by atoms with Gasteiger partial charge in [-0.2, -0.15) is 11.8 Å². The van der Waals surface area contributed by atoms with E-state index in [1.807, 2.05) is 0 Å². The fraction of sp³-hybridized carbons (Fsp3) is 0.950. The highest BCUT2D eigenvalue weighted by Gasteiger charge is 2.39. The van der Waals surface area contributed by atoms with Crippen LogP contribution in [0, 0.1) is 0 Å². The van der Waals surface area contributed by atoms with Gasteiger partial charge in [-0.25, -0.2) is 0 Å². The Bertz CT molecular complexity index is 447. The van der Waals surface area contributed by atoms with Crippen molar-refractivity contribution in [2.24, 2.45) is 4.99 Å². The van der Waals surface area contributed by atoms with E-state index >= 15 is 0 Å². The summed E-state index contributed by atoms with van der Waals surface area (Å²) in [6.07, 6.45) is 8.79. The van der Waals surface area contributed by atoms with E-state index in [4.69, 9.17) is 9.73 Å². The molecule has 2 atom stereocenters. The summed E-state index contributed by atoms with van der Waals surface area (Å²) in [5.41, 5.74) is 0.216. The van der Waals surface area contributed by atoms with Crippen LogP contribution in [0.2, 0.25) is 0 Å². The lowest BCUT2D eigenvalue weighted by Gasteiger charge is -2.43. The van der Waals surface area contributed by atoms with Crippen LogP contribution in [-0.2, 0) is 4.74 Å². The molecule has 6 heteroatoms. The number of ether oxygens (including phenoxy) is 1. The molecule has 2 aliphatic heterocycles. The van der Waals surface area contributed by atoms with E-state index in [0.29, 0.717) is 6.04 Å². The van der Waals surface area contributed by atoms with Crippen molar-refractivity contribution < 1.29 is 4.74 Å². The first-order valence-electron chi connectivity index (χ1n) is 10.7. The van der Waals surface area contributed by atoms with Crippen LogP contribution in [0.3, 0.4) is 0 Å². The molecule has 0 bridgehead atoms. The molecule has 3 aliphatic rings. The van der Waals surface area contributed by atoms with Gasteiger partial charge < -0.3 is 15.4 Å². The lowest BCUT2D eigenvalue weighted by atomic mass is 9.88. The van der Waals surface area contributed by atoms with Gasteiger partial charge in [0.05, 0.1) is 6.54 Å². The van der Waals surface area contributed by atoms with Crippen molar-refractivity contribution in [3.8, 4) is 0 Å². The van der Waals surface area contributed by atoms with Crippen LogP contribution in [0.1, 0.15) is 58.8 Å². The fourth-order valence-electron chi connectivity index (χ4n) is 4.72. The topological polar surface area (TPSA) is 48.9 Å². The van der Waals surface area contributed by atoms with Crippen molar-refractivity contribution >= 4 is 17.7 Å². The van der Waals surface area contributed by atoms with Crippen LogP contribution in [-0.4, -0.2) is 72.8 Å². The summed E-state index contributed by atoms with van der Waals surface area (Å²) in [6, 6.07) is 0.578. The summed E-state index contributed by atoms with van der Waals surface area (Å²) in [7, 11) is 0. The Balaban J connectivity index is 1.61. The highest BCUT2D eigenvalue weighted by molar-refractivity contribution is 7.99. The number of rotatable bonds is 7. The summed E-state index contributed by atoms with van der Waals surface area (Å²) in [4.78, 5) is 7.78. The van der Waals surface area contributed by atoms with Crippen molar-refractivity contribution in [2.45, 2.75) is 75.6 Å². The Hall–Kier alpha value is -0.460. The number of likely N-dealkylation sites (tertiary alicyclic amines) is 1. The van der Waals surface area contributed by atoms with Gasteiger partial charge in [0.2, 0.25) is 0 Å². The Kier molecular flexibility index (Phi) is 7.94. The van der Waals surface area contributed by atoms with Gasteiger partial charge in [-0.3, -0.25) is 9.89 Å². The van der Waals surface area contributed by atoms with Crippen LogP contribution in [0.25, 0.3) is 0 Å². The molecule has 0 amide bonds. The largest absolute Gasteiger partial charge is 0.381 e. The second-order valence-corrected chi connectivity index (χ2v) is 9.54. The molecule has 1 saturated carbocycles. The van der Waals surface area contributed by atoms with Gasteiger partial charge in [0, 0.05) is 36.6 Å². The van der Waals surface area contributed by atoms with Gasteiger partial charge in [0.25, 0.3) is 0 Å². The van der Waals surface area contributed by atoms with Crippen LogP contribution in [0.5, 0.6) is 0 Å². The average molecular weight is 383 g/mol. The summed E-state index contributed by atoms with van der Waals surface area (Å²) < 4.78 is 5.67. The van der Waals surface area contributed by atoms with Gasteiger partial charge in [-0.1, -0.05) is 6.92 Å². The number of guanidine groups is 1. The minimum Gasteiger partial charge on any atom is -0.381 e. The highest BCUT2D eigenvalue weighted by atomic mass is 32.2. The maximum Gasteiger partial charge on any atom is 0.191 e. The van der Waals surface area contributed by atoms with Crippen molar-refractivity contribution in [3.63, 3.8) is 0 Å². The molecule has 1 aliphatic carbocycles. The van der Waals surface area contributed by atoms with Gasteiger partial charge in [0.1, 0.15) is 0 Å². The second-order valence-electron chi connectivity index (χ2n) is 7.96. The molecular weight excluding hydrogens is 344 g/mol. The quantitative estimate of drug-likeness (QED) is 0.524. The molecule has 0 spiro atoms. The van der Waals surface area contributed by atoms with E-state index < -0.39 is 0 Å². The van der Waals surface area contributed by atoms with Gasteiger partial charge in [-0.05, 0) is 70.7 Å². The molecule has 2 saturated heterocycles. The Morgan fingerprint density at radius 3 is 2.65 bits per heavy atom. The third-order valence-corrected chi connectivity index (χ3v) is 7.44. The highest BCUT2D eigenvalue weighted by Crippen LogP contribution is 2.32. The number of nitrogens with zero attached hydrogens (tertiary/aromatic N) is 2. The van der Waals surface area contributed by atoms with E-state index in [0.717, 1.165) is 50.4 Å². The van der Waals surface area contributed by atoms with Crippen LogP contribution < -0.4 is 10.6 Å². The summed E-state index contributed by atoms with van der Waals surface area (Å²) >= 11 is 2.11. The zero-order valence-electron chi connectivity index (χ0n) is 16.8. The SMILES string of the molecule is CCNC(=NCC1(N2CCCC2)CCOCC1)NC1CCC(SCC)C1. The zero-order valence-corrected chi connectivity index (χ0v) is 17.6. The molecule has 2 unspecified atom stereocenters. The molecule has 3 fully saturated rings. The molecule has 150 valence electrons. The van der Waals surface area contributed by atoms with Crippen LogP contribution in [0.15, 0.2) is 4.99 Å². The van der Waals surface area contributed by atoms with E-state index in [1.54, 1.807) is 0 Å². The Morgan fingerprint density at radius 1 is 1.19 bits per heavy atom. The first kappa shape index (κ1) is 20.3.